The monoisotopic (exact) mass is 255 g/mol. The molecule has 0 saturated heterocycles. The van der Waals surface area contributed by atoms with Crippen LogP contribution in [0.25, 0.3) is 0 Å². The smallest absolute Gasteiger partial charge is 0.243 e. The number of hydrogen-bond acceptors (Lipinski definition) is 3. The largest absolute Gasteiger partial charge is 0.376 e. The van der Waals surface area contributed by atoms with Gasteiger partial charge in [-0.25, -0.2) is 0 Å². The molecule has 98 valence electrons. The molecule has 1 amide bonds. The van der Waals surface area contributed by atoms with Crippen LogP contribution in [0.15, 0.2) is 42.5 Å². The van der Waals surface area contributed by atoms with Gasteiger partial charge in [-0.1, -0.05) is 18.2 Å². The van der Waals surface area contributed by atoms with Crippen molar-refractivity contribution in [2.75, 3.05) is 17.2 Å². The number of hydrogen-bond donors (Lipinski definition) is 2. The summed E-state index contributed by atoms with van der Waals surface area (Å²) >= 11 is 0. The molecule has 0 aliphatic carbocycles. The highest BCUT2D eigenvalue weighted by molar-refractivity contribution is 5.94. The summed E-state index contributed by atoms with van der Waals surface area (Å²) in [5.74, 6) is -0.0855. The van der Waals surface area contributed by atoms with Crippen molar-refractivity contribution >= 4 is 17.3 Å². The lowest BCUT2D eigenvalue weighted by molar-refractivity contribution is -0.114. The van der Waals surface area contributed by atoms with Gasteiger partial charge >= 0.3 is 0 Å². The van der Waals surface area contributed by atoms with Crippen LogP contribution >= 0.6 is 0 Å². The highest BCUT2D eigenvalue weighted by Gasteiger charge is 2.05. The summed E-state index contributed by atoms with van der Waals surface area (Å²) in [5.41, 5.74) is 3.45. The Labute approximate surface area is 112 Å². The van der Waals surface area contributed by atoms with Gasteiger partial charge in [-0.2, -0.15) is 0 Å². The van der Waals surface area contributed by atoms with Crippen molar-refractivity contribution in [1.82, 2.24) is 4.98 Å². The molecule has 0 fully saturated rings. The number of aryl methyl sites for hydroxylation is 2. The Kier molecular flexibility index (Phi) is 4.13. The molecular formula is C15H17N3O. The van der Waals surface area contributed by atoms with Crippen molar-refractivity contribution in [2.24, 2.45) is 0 Å². The van der Waals surface area contributed by atoms with E-state index in [-0.39, 0.29) is 12.5 Å². The van der Waals surface area contributed by atoms with Crippen molar-refractivity contribution in [3.8, 4) is 0 Å². The van der Waals surface area contributed by atoms with Crippen LogP contribution in [0.1, 0.15) is 11.4 Å². The van der Waals surface area contributed by atoms with E-state index in [9.17, 15) is 4.79 Å². The summed E-state index contributed by atoms with van der Waals surface area (Å²) in [5, 5.41) is 5.91. The fourth-order valence-electron chi connectivity index (χ4n) is 1.75. The Morgan fingerprint density at radius 2 is 1.84 bits per heavy atom. The van der Waals surface area contributed by atoms with Gasteiger partial charge in [0.2, 0.25) is 5.91 Å². The lowest BCUT2D eigenvalue weighted by atomic mass is 10.2. The molecule has 1 aromatic heterocycles. The fourth-order valence-corrected chi connectivity index (χ4v) is 1.75. The Morgan fingerprint density at radius 3 is 2.53 bits per heavy atom. The number of anilines is 2. The van der Waals surface area contributed by atoms with Crippen LogP contribution in [0.3, 0.4) is 0 Å². The Hall–Kier alpha value is -2.36. The highest BCUT2D eigenvalue weighted by Crippen LogP contribution is 2.12. The summed E-state index contributed by atoms with van der Waals surface area (Å²) in [4.78, 5) is 16.1. The molecule has 4 heteroatoms. The first-order chi connectivity index (χ1) is 9.15. The van der Waals surface area contributed by atoms with E-state index in [2.05, 4.69) is 15.6 Å². The van der Waals surface area contributed by atoms with Gasteiger partial charge in [-0.15, -0.1) is 0 Å². The lowest BCUT2D eigenvalue weighted by Crippen LogP contribution is -2.22. The molecule has 0 aliphatic heterocycles. The van der Waals surface area contributed by atoms with E-state index in [1.54, 1.807) is 0 Å². The van der Waals surface area contributed by atoms with Crippen LogP contribution in [-0.4, -0.2) is 17.4 Å². The first kappa shape index (κ1) is 13.1. The number of pyridine rings is 1. The summed E-state index contributed by atoms with van der Waals surface area (Å²) < 4.78 is 0. The van der Waals surface area contributed by atoms with Gasteiger partial charge in [0.1, 0.15) is 0 Å². The van der Waals surface area contributed by atoms with Crippen LogP contribution in [0.4, 0.5) is 11.4 Å². The molecule has 0 atom stereocenters. The Balaban J connectivity index is 1.91. The van der Waals surface area contributed by atoms with Crippen LogP contribution in [-0.2, 0) is 4.79 Å². The molecule has 2 aromatic rings. The van der Waals surface area contributed by atoms with Crippen molar-refractivity contribution in [3.05, 3.63) is 53.9 Å². The molecule has 0 spiro atoms. The minimum Gasteiger partial charge on any atom is -0.376 e. The van der Waals surface area contributed by atoms with E-state index in [0.29, 0.717) is 0 Å². The normalized spacial score (nSPS) is 10.0. The number of benzene rings is 1. The first-order valence-corrected chi connectivity index (χ1v) is 6.18. The van der Waals surface area contributed by atoms with Crippen LogP contribution in [0, 0.1) is 13.8 Å². The zero-order chi connectivity index (χ0) is 13.7. The zero-order valence-electron chi connectivity index (χ0n) is 11.1. The number of carbonyl (C=O) groups is 1. The minimum absolute atomic E-state index is 0.0855. The van der Waals surface area contributed by atoms with Crippen molar-refractivity contribution in [2.45, 2.75) is 13.8 Å². The zero-order valence-corrected chi connectivity index (χ0v) is 11.1. The van der Waals surface area contributed by atoms with Crippen molar-refractivity contribution < 1.29 is 4.79 Å². The quantitative estimate of drug-likeness (QED) is 0.883. The Morgan fingerprint density at radius 1 is 1.11 bits per heavy atom. The highest BCUT2D eigenvalue weighted by atomic mass is 16.1. The Bertz CT molecular complexity index is 567. The number of nitrogens with zero attached hydrogens (tertiary/aromatic N) is 1. The minimum atomic E-state index is -0.0855. The van der Waals surface area contributed by atoms with Crippen molar-refractivity contribution in [1.29, 1.82) is 0 Å². The molecule has 19 heavy (non-hydrogen) atoms. The average molecular weight is 255 g/mol. The number of rotatable bonds is 4. The molecule has 1 heterocycles. The standard InChI is InChI=1S/C15H17N3O/c1-11-8-9-14(12(2)17-11)18-15(19)10-16-13-6-4-3-5-7-13/h3-9,16H,10H2,1-2H3,(H,18,19). The van der Waals surface area contributed by atoms with Crippen LogP contribution < -0.4 is 10.6 Å². The molecule has 0 aliphatic rings. The van der Waals surface area contributed by atoms with E-state index >= 15 is 0 Å². The number of amides is 1. The van der Waals surface area contributed by atoms with Gasteiger partial charge in [-0.05, 0) is 38.1 Å². The van der Waals surface area contributed by atoms with Gasteiger partial charge in [-0.3, -0.25) is 9.78 Å². The molecule has 0 radical (unpaired) electrons. The third-order valence-corrected chi connectivity index (χ3v) is 2.73. The second-order valence-corrected chi connectivity index (χ2v) is 4.35. The first-order valence-electron chi connectivity index (χ1n) is 6.18. The van der Waals surface area contributed by atoms with E-state index in [4.69, 9.17) is 0 Å². The number of para-hydroxylation sites is 1. The second kappa shape index (κ2) is 6.00. The van der Waals surface area contributed by atoms with Gasteiger partial charge < -0.3 is 10.6 Å². The molecule has 0 unspecified atom stereocenters. The molecule has 2 rings (SSSR count). The number of carbonyl (C=O) groups excluding carboxylic acids is 1. The molecular weight excluding hydrogens is 238 g/mol. The summed E-state index contributed by atoms with van der Waals surface area (Å²) in [6.45, 7) is 4.04. The maximum atomic E-state index is 11.8. The van der Waals surface area contributed by atoms with E-state index in [0.717, 1.165) is 22.8 Å². The van der Waals surface area contributed by atoms with E-state index < -0.39 is 0 Å². The molecule has 2 N–H and O–H groups in total. The SMILES string of the molecule is Cc1ccc(NC(=O)CNc2ccccc2)c(C)n1. The van der Waals surface area contributed by atoms with E-state index in [1.165, 1.54) is 0 Å². The summed E-state index contributed by atoms with van der Waals surface area (Å²) in [6.07, 6.45) is 0. The molecule has 4 nitrogen and oxygen atoms in total. The summed E-state index contributed by atoms with van der Waals surface area (Å²) in [6, 6.07) is 13.4. The topological polar surface area (TPSA) is 54.0 Å². The van der Waals surface area contributed by atoms with Gasteiger partial charge in [0.25, 0.3) is 0 Å². The molecule has 0 bridgehead atoms. The van der Waals surface area contributed by atoms with Crippen molar-refractivity contribution in [3.63, 3.8) is 0 Å². The predicted molar refractivity (Wildman–Crippen MR) is 77.3 cm³/mol. The maximum absolute atomic E-state index is 11.8. The third kappa shape index (κ3) is 3.81. The summed E-state index contributed by atoms with van der Waals surface area (Å²) in [7, 11) is 0. The van der Waals surface area contributed by atoms with E-state index in [1.807, 2.05) is 56.3 Å². The lowest BCUT2D eigenvalue weighted by Gasteiger charge is -2.09. The molecule has 1 aromatic carbocycles. The third-order valence-electron chi connectivity index (χ3n) is 2.73. The number of aromatic nitrogens is 1. The van der Waals surface area contributed by atoms with Gasteiger partial charge in [0.15, 0.2) is 0 Å². The number of nitrogens with one attached hydrogen (secondary N) is 2. The second-order valence-electron chi connectivity index (χ2n) is 4.35. The predicted octanol–water partition coefficient (Wildman–Crippen LogP) is 2.75. The maximum Gasteiger partial charge on any atom is 0.243 e. The van der Waals surface area contributed by atoms with Gasteiger partial charge in [0, 0.05) is 11.4 Å². The fraction of sp³-hybridized carbons (Fsp3) is 0.200. The average Bonchev–Trinajstić information content (AvgIpc) is 2.41. The van der Waals surface area contributed by atoms with Crippen LogP contribution in [0.2, 0.25) is 0 Å². The van der Waals surface area contributed by atoms with Crippen LogP contribution in [0.5, 0.6) is 0 Å². The van der Waals surface area contributed by atoms with Gasteiger partial charge in [0.05, 0.1) is 17.9 Å². The molecule has 0 saturated carbocycles.